The molecule has 9 heteroatoms. The summed E-state index contributed by atoms with van der Waals surface area (Å²) in [6.45, 7) is 2.17. The molecule has 0 unspecified atom stereocenters. The van der Waals surface area contributed by atoms with Gasteiger partial charge in [0.1, 0.15) is 5.75 Å². The second kappa shape index (κ2) is 6.28. The van der Waals surface area contributed by atoms with E-state index in [0.717, 1.165) is 0 Å². The van der Waals surface area contributed by atoms with E-state index < -0.39 is 20.7 Å². The second-order valence-electron chi connectivity index (χ2n) is 4.78. The smallest absolute Gasteiger partial charge is 0.296 e. The zero-order chi connectivity index (χ0) is 17.2. The summed E-state index contributed by atoms with van der Waals surface area (Å²) in [7, 11) is -4.10. The number of ether oxygens (including phenoxy) is 1. The van der Waals surface area contributed by atoms with E-state index in [0.29, 0.717) is 12.4 Å². The summed E-state index contributed by atoms with van der Waals surface area (Å²) in [4.78, 5) is 22.1. The molecule has 0 aliphatic rings. The maximum atomic E-state index is 12.5. The second-order valence-corrected chi connectivity index (χ2v) is 6.38. The number of aromatic nitrogens is 3. The van der Waals surface area contributed by atoms with Crippen molar-refractivity contribution in [2.24, 2.45) is 0 Å². The van der Waals surface area contributed by atoms with E-state index in [1.807, 2.05) is 0 Å². The van der Waals surface area contributed by atoms with Crippen LogP contribution in [0.25, 0.3) is 11.0 Å². The first-order valence-corrected chi connectivity index (χ1v) is 8.59. The highest BCUT2D eigenvalue weighted by molar-refractivity contribution is 7.92. The quantitative estimate of drug-likeness (QED) is 0.677. The Balaban J connectivity index is 2.04. The molecule has 2 aromatic heterocycles. The summed E-state index contributed by atoms with van der Waals surface area (Å²) in [5, 5.41) is -0.295. The minimum absolute atomic E-state index is 0.0553. The third kappa shape index (κ3) is 3.06. The molecule has 0 aliphatic heterocycles. The van der Waals surface area contributed by atoms with E-state index in [1.54, 1.807) is 37.3 Å². The zero-order valence-electron chi connectivity index (χ0n) is 12.7. The standard InChI is InChI=1S/C15H14N4O4S/c1-2-23-12-8-4-3-7-11(12)19-24(21,22)15-17-13-10(14(20)18-15)6-5-9-16-13/h3-9,19H,2H2,1H3,(H,16,17,18,20). The van der Waals surface area contributed by atoms with E-state index >= 15 is 0 Å². The van der Waals surface area contributed by atoms with Gasteiger partial charge in [-0.25, -0.2) is 4.98 Å². The predicted molar refractivity (Wildman–Crippen MR) is 88.6 cm³/mol. The molecule has 0 spiro atoms. The molecule has 3 aromatic rings. The third-order valence-corrected chi connectivity index (χ3v) is 4.34. The number of benzene rings is 1. The Morgan fingerprint density at radius 2 is 2.00 bits per heavy atom. The van der Waals surface area contributed by atoms with Crippen LogP contribution >= 0.6 is 0 Å². The Hall–Kier alpha value is -2.94. The van der Waals surface area contributed by atoms with Crippen molar-refractivity contribution in [2.45, 2.75) is 12.1 Å². The van der Waals surface area contributed by atoms with Crippen molar-refractivity contribution in [1.29, 1.82) is 0 Å². The van der Waals surface area contributed by atoms with Crippen molar-refractivity contribution in [1.82, 2.24) is 15.0 Å². The lowest BCUT2D eigenvalue weighted by atomic mass is 10.3. The van der Waals surface area contributed by atoms with Gasteiger partial charge >= 0.3 is 0 Å². The van der Waals surface area contributed by atoms with Gasteiger partial charge in [-0.05, 0) is 31.2 Å². The lowest BCUT2D eigenvalue weighted by molar-refractivity contribution is 0.342. The minimum Gasteiger partial charge on any atom is -0.492 e. The van der Waals surface area contributed by atoms with E-state index in [2.05, 4.69) is 19.7 Å². The van der Waals surface area contributed by atoms with Crippen LogP contribution in [0, 0.1) is 0 Å². The molecular weight excluding hydrogens is 332 g/mol. The van der Waals surface area contributed by atoms with Crippen molar-refractivity contribution in [3.05, 3.63) is 52.9 Å². The monoisotopic (exact) mass is 346 g/mol. The number of rotatable bonds is 5. The normalized spacial score (nSPS) is 11.4. The highest BCUT2D eigenvalue weighted by atomic mass is 32.2. The molecule has 124 valence electrons. The maximum absolute atomic E-state index is 12.5. The largest absolute Gasteiger partial charge is 0.492 e. The fourth-order valence-electron chi connectivity index (χ4n) is 2.10. The molecule has 0 aliphatic carbocycles. The Morgan fingerprint density at radius 3 is 2.79 bits per heavy atom. The van der Waals surface area contributed by atoms with Gasteiger partial charge in [0, 0.05) is 6.20 Å². The number of fused-ring (bicyclic) bond motifs is 1. The molecule has 0 saturated carbocycles. The number of hydrogen-bond donors (Lipinski definition) is 2. The summed E-state index contributed by atoms with van der Waals surface area (Å²) in [5.74, 6) is 0.379. The van der Waals surface area contributed by atoms with Crippen molar-refractivity contribution < 1.29 is 13.2 Å². The van der Waals surface area contributed by atoms with Gasteiger partial charge in [0.2, 0.25) is 0 Å². The summed E-state index contributed by atoms with van der Waals surface area (Å²) in [6, 6.07) is 9.67. The summed E-state index contributed by atoms with van der Waals surface area (Å²) in [5.41, 5.74) is -0.269. The molecule has 0 atom stereocenters. The molecule has 0 amide bonds. The summed E-state index contributed by atoms with van der Waals surface area (Å²) in [6.07, 6.45) is 1.43. The Bertz CT molecular complexity index is 1050. The molecule has 2 heterocycles. The van der Waals surface area contributed by atoms with Crippen molar-refractivity contribution in [3.8, 4) is 5.75 Å². The molecule has 0 radical (unpaired) electrons. The van der Waals surface area contributed by atoms with Crippen LogP contribution in [-0.2, 0) is 10.0 Å². The average Bonchev–Trinajstić information content (AvgIpc) is 2.57. The highest BCUT2D eigenvalue weighted by Crippen LogP contribution is 2.25. The fraction of sp³-hybridized carbons (Fsp3) is 0.133. The molecule has 2 N–H and O–H groups in total. The molecule has 0 bridgehead atoms. The van der Waals surface area contributed by atoms with Crippen LogP contribution in [0.3, 0.4) is 0 Å². The van der Waals surface area contributed by atoms with E-state index in [4.69, 9.17) is 4.74 Å². The number of pyridine rings is 1. The van der Waals surface area contributed by atoms with Crippen LogP contribution in [0.1, 0.15) is 6.92 Å². The summed E-state index contributed by atoms with van der Waals surface area (Å²) >= 11 is 0. The first kappa shape index (κ1) is 15.9. The van der Waals surface area contributed by atoms with E-state index in [9.17, 15) is 13.2 Å². The SMILES string of the molecule is CCOc1ccccc1NS(=O)(=O)c1nc2ncccc2c(=O)[nH]1. The lowest BCUT2D eigenvalue weighted by Crippen LogP contribution is -2.21. The molecule has 0 saturated heterocycles. The number of hydrogen-bond acceptors (Lipinski definition) is 6. The number of H-pyrrole nitrogens is 1. The minimum atomic E-state index is -4.10. The number of para-hydroxylation sites is 2. The average molecular weight is 346 g/mol. The van der Waals surface area contributed by atoms with Gasteiger partial charge < -0.3 is 4.74 Å². The van der Waals surface area contributed by atoms with Gasteiger partial charge in [0.05, 0.1) is 17.7 Å². The number of nitrogens with one attached hydrogen (secondary N) is 2. The molecule has 1 aromatic carbocycles. The van der Waals surface area contributed by atoms with Gasteiger partial charge in [-0.1, -0.05) is 12.1 Å². The molecule has 3 rings (SSSR count). The number of nitrogens with zero attached hydrogens (tertiary/aromatic N) is 2. The van der Waals surface area contributed by atoms with Crippen LogP contribution in [0.4, 0.5) is 5.69 Å². The first-order chi connectivity index (χ1) is 11.5. The van der Waals surface area contributed by atoms with Gasteiger partial charge in [-0.3, -0.25) is 14.5 Å². The lowest BCUT2D eigenvalue weighted by Gasteiger charge is -2.12. The van der Waals surface area contributed by atoms with Crippen molar-refractivity contribution in [3.63, 3.8) is 0 Å². The topological polar surface area (TPSA) is 114 Å². The van der Waals surface area contributed by atoms with Crippen LogP contribution in [0.5, 0.6) is 5.75 Å². The van der Waals surface area contributed by atoms with E-state index in [-0.39, 0.29) is 16.7 Å². The van der Waals surface area contributed by atoms with Gasteiger partial charge in [0.25, 0.3) is 20.7 Å². The number of sulfonamides is 1. The zero-order valence-corrected chi connectivity index (χ0v) is 13.5. The fourth-order valence-corrected chi connectivity index (χ4v) is 3.09. The van der Waals surface area contributed by atoms with Crippen LogP contribution in [0.15, 0.2) is 52.5 Å². The number of anilines is 1. The summed E-state index contributed by atoms with van der Waals surface area (Å²) < 4.78 is 32.8. The van der Waals surface area contributed by atoms with Crippen LogP contribution in [-0.4, -0.2) is 30.0 Å². The van der Waals surface area contributed by atoms with Crippen LogP contribution < -0.4 is 15.0 Å². The van der Waals surface area contributed by atoms with Gasteiger partial charge in [-0.15, -0.1) is 0 Å². The highest BCUT2D eigenvalue weighted by Gasteiger charge is 2.20. The van der Waals surface area contributed by atoms with E-state index in [1.165, 1.54) is 12.3 Å². The van der Waals surface area contributed by atoms with Crippen molar-refractivity contribution in [2.75, 3.05) is 11.3 Å². The molecular formula is C15H14N4O4S. The molecule has 24 heavy (non-hydrogen) atoms. The maximum Gasteiger partial charge on any atom is 0.296 e. The Morgan fingerprint density at radius 1 is 1.21 bits per heavy atom. The Kier molecular flexibility index (Phi) is 4.17. The van der Waals surface area contributed by atoms with Crippen molar-refractivity contribution >= 4 is 26.7 Å². The van der Waals surface area contributed by atoms with Gasteiger partial charge in [0.15, 0.2) is 5.65 Å². The Labute approximate surface area is 137 Å². The third-order valence-electron chi connectivity index (χ3n) is 3.14. The van der Waals surface area contributed by atoms with Gasteiger partial charge in [-0.2, -0.15) is 13.4 Å². The predicted octanol–water partition coefficient (Wildman–Crippen LogP) is 1.52. The molecule has 0 fully saturated rings. The first-order valence-electron chi connectivity index (χ1n) is 7.11. The molecule has 8 nitrogen and oxygen atoms in total. The number of aromatic amines is 1. The van der Waals surface area contributed by atoms with Crippen LogP contribution in [0.2, 0.25) is 0 Å².